The van der Waals surface area contributed by atoms with Crippen LogP contribution in [0.25, 0.3) is 22.6 Å². The molecule has 0 aliphatic carbocycles. The molecule has 0 saturated heterocycles. The summed E-state index contributed by atoms with van der Waals surface area (Å²) in [6, 6.07) is 5.61. The highest BCUT2D eigenvalue weighted by Gasteiger charge is 2.10. The van der Waals surface area contributed by atoms with Gasteiger partial charge in [-0.3, -0.25) is 0 Å². The van der Waals surface area contributed by atoms with Gasteiger partial charge in [-0.25, -0.2) is 15.0 Å². The second-order valence-electron chi connectivity index (χ2n) is 3.92. The van der Waals surface area contributed by atoms with Crippen molar-refractivity contribution >= 4 is 11.2 Å². The van der Waals surface area contributed by atoms with E-state index in [0.717, 1.165) is 16.9 Å². The summed E-state index contributed by atoms with van der Waals surface area (Å²) >= 11 is 0. The van der Waals surface area contributed by atoms with Gasteiger partial charge in [0, 0.05) is 5.56 Å². The number of benzene rings is 1. The monoisotopic (exact) mass is 256 g/mol. The third kappa shape index (κ3) is 1.97. The smallest absolute Gasteiger partial charge is 0.181 e. The maximum Gasteiger partial charge on any atom is 0.181 e. The zero-order chi connectivity index (χ0) is 13.2. The minimum atomic E-state index is 0.639. The average Bonchev–Trinajstić information content (AvgIpc) is 2.90. The minimum Gasteiger partial charge on any atom is -0.493 e. The van der Waals surface area contributed by atoms with Crippen LogP contribution in [0.2, 0.25) is 0 Å². The molecule has 0 aliphatic heterocycles. The largest absolute Gasteiger partial charge is 0.493 e. The molecule has 2 aromatic heterocycles. The number of nitrogens with one attached hydrogen (secondary N) is 1. The van der Waals surface area contributed by atoms with E-state index in [0.29, 0.717) is 17.1 Å². The first-order valence-electron chi connectivity index (χ1n) is 5.70. The summed E-state index contributed by atoms with van der Waals surface area (Å²) in [5, 5.41) is 0. The number of aromatic nitrogens is 4. The number of H-pyrrole nitrogens is 1. The standard InChI is InChI=1S/C13H12N4O2/c1-18-10-4-3-8(5-11(10)19-2)12-16-9-6-14-7-15-13(9)17-12/h3-7H,1-2H3,(H,14,15,16,17). The molecule has 0 unspecified atom stereocenters. The quantitative estimate of drug-likeness (QED) is 0.776. The van der Waals surface area contributed by atoms with Crippen molar-refractivity contribution in [3.8, 4) is 22.9 Å². The van der Waals surface area contributed by atoms with Crippen molar-refractivity contribution in [3.05, 3.63) is 30.7 Å². The van der Waals surface area contributed by atoms with Crippen molar-refractivity contribution in [1.29, 1.82) is 0 Å². The van der Waals surface area contributed by atoms with E-state index in [1.807, 2.05) is 18.2 Å². The molecule has 0 radical (unpaired) electrons. The van der Waals surface area contributed by atoms with Gasteiger partial charge in [0.15, 0.2) is 17.1 Å². The first kappa shape index (κ1) is 11.5. The van der Waals surface area contributed by atoms with Crippen molar-refractivity contribution in [3.63, 3.8) is 0 Å². The second kappa shape index (κ2) is 4.56. The Morgan fingerprint density at radius 2 is 1.95 bits per heavy atom. The summed E-state index contributed by atoms with van der Waals surface area (Å²) in [4.78, 5) is 15.6. The van der Waals surface area contributed by atoms with Gasteiger partial charge in [0.25, 0.3) is 0 Å². The van der Waals surface area contributed by atoms with Gasteiger partial charge in [-0.2, -0.15) is 0 Å². The van der Waals surface area contributed by atoms with Crippen LogP contribution in [0.4, 0.5) is 0 Å². The third-order valence-corrected chi connectivity index (χ3v) is 2.82. The molecule has 96 valence electrons. The number of rotatable bonds is 3. The Balaban J connectivity index is 2.10. The number of fused-ring (bicyclic) bond motifs is 1. The number of aromatic amines is 1. The molecule has 1 aromatic carbocycles. The van der Waals surface area contributed by atoms with Gasteiger partial charge in [0.2, 0.25) is 0 Å². The highest BCUT2D eigenvalue weighted by Crippen LogP contribution is 2.31. The van der Waals surface area contributed by atoms with Crippen LogP contribution < -0.4 is 9.47 Å². The Bertz CT molecular complexity index is 690. The lowest BCUT2D eigenvalue weighted by molar-refractivity contribution is 0.355. The van der Waals surface area contributed by atoms with Crippen LogP contribution in [0, 0.1) is 0 Å². The minimum absolute atomic E-state index is 0.639. The third-order valence-electron chi connectivity index (χ3n) is 2.82. The molecule has 19 heavy (non-hydrogen) atoms. The molecule has 6 heteroatoms. The number of imidazole rings is 1. The van der Waals surface area contributed by atoms with E-state index in [4.69, 9.17) is 9.47 Å². The number of hydrogen-bond donors (Lipinski definition) is 1. The molecular weight excluding hydrogens is 244 g/mol. The Hall–Kier alpha value is -2.63. The van der Waals surface area contributed by atoms with Crippen LogP contribution in [-0.2, 0) is 0 Å². The normalized spacial score (nSPS) is 10.6. The Morgan fingerprint density at radius 1 is 1.11 bits per heavy atom. The Labute approximate surface area is 109 Å². The van der Waals surface area contributed by atoms with Crippen molar-refractivity contribution < 1.29 is 9.47 Å². The maximum absolute atomic E-state index is 5.28. The fraction of sp³-hybridized carbons (Fsp3) is 0.154. The fourth-order valence-electron chi connectivity index (χ4n) is 1.88. The predicted octanol–water partition coefficient (Wildman–Crippen LogP) is 2.04. The zero-order valence-corrected chi connectivity index (χ0v) is 10.5. The van der Waals surface area contributed by atoms with Crippen LogP contribution in [0.5, 0.6) is 11.5 Å². The predicted molar refractivity (Wildman–Crippen MR) is 70.2 cm³/mol. The van der Waals surface area contributed by atoms with Gasteiger partial charge in [-0.05, 0) is 18.2 Å². The van der Waals surface area contributed by atoms with Crippen molar-refractivity contribution in [2.75, 3.05) is 14.2 Å². The molecule has 6 nitrogen and oxygen atoms in total. The summed E-state index contributed by atoms with van der Waals surface area (Å²) in [7, 11) is 3.21. The number of ether oxygens (including phenoxy) is 2. The van der Waals surface area contributed by atoms with Crippen LogP contribution in [0.3, 0.4) is 0 Å². The number of nitrogens with zero attached hydrogens (tertiary/aromatic N) is 3. The molecular formula is C13H12N4O2. The molecule has 0 atom stereocenters. The van der Waals surface area contributed by atoms with Gasteiger partial charge in [-0.15, -0.1) is 0 Å². The zero-order valence-electron chi connectivity index (χ0n) is 10.5. The summed E-state index contributed by atoms with van der Waals surface area (Å²) in [5.74, 6) is 2.06. The highest BCUT2D eigenvalue weighted by atomic mass is 16.5. The Kier molecular flexibility index (Phi) is 2.75. The van der Waals surface area contributed by atoms with Crippen molar-refractivity contribution in [1.82, 2.24) is 19.9 Å². The van der Waals surface area contributed by atoms with Crippen molar-refractivity contribution in [2.24, 2.45) is 0 Å². The first-order valence-corrected chi connectivity index (χ1v) is 5.70. The highest BCUT2D eigenvalue weighted by molar-refractivity contribution is 5.75. The maximum atomic E-state index is 5.28. The lowest BCUT2D eigenvalue weighted by Gasteiger charge is -2.08. The number of methoxy groups -OCH3 is 2. The molecule has 0 saturated carbocycles. The van der Waals surface area contributed by atoms with E-state index in [1.165, 1.54) is 6.33 Å². The molecule has 1 N–H and O–H groups in total. The summed E-state index contributed by atoms with van der Waals surface area (Å²) in [6.07, 6.45) is 3.17. The van der Waals surface area contributed by atoms with Crippen LogP contribution >= 0.6 is 0 Å². The van der Waals surface area contributed by atoms with Gasteiger partial charge < -0.3 is 14.5 Å². The molecule has 0 bridgehead atoms. The lowest BCUT2D eigenvalue weighted by Crippen LogP contribution is -1.91. The lowest BCUT2D eigenvalue weighted by atomic mass is 10.2. The topological polar surface area (TPSA) is 72.9 Å². The molecule has 2 heterocycles. The van der Waals surface area contributed by atoms with E-state index in [-0.39, 0.29) is 0 Å². The molecule has 3 rings (SSSR count). The second-order valence-corrected chi connectivity index (χ2v) is 3.92. The molecule has 0 aliphatic rings. The van der Waals surface area contributed by atoms with Gasteiger partial charge in [-0.1, -0.05) is 0 Å². The number of hydrogen-bond acceptors (Lipinski definition) is 5. The summed E-state index contributed by atoms with van der Waals surface area (Å²) in [5.41, 5.74) is 2.34. The van der Waals surface area contributed by atoms with E-state index in [9.17, 15) is 0 Å². The van der Waals surface area contributed by atoms with Crippen LogP contribution in [0.1, 0.15) is 0 Å². The van der Waals surface area contributed by atoms with E-state index >= 15 is 0 Å². The molecule has 0 fully saturated rings. The molecule has 0 amide bonds. The van der Waals surface area contributed by atoms with Gasteiger partial charge in [0.1, 0.15) is 17.7 Å². The molecule has 0 spiro atoms. The van der Waals surface area contributed by atoms with Crippen LogP contribution in [0.15, 0.2) is 30.7 Å². The SMILES string of the molecule is COc1ccc(-c2nc3ncncc3[nH]2)cc1OC. The van der Waals surface area contributed by atoms with Gasteiger partial charge in [0.05, 0.1) is 20.4 Å². The average molecular weight is 256 g/mol. The molecule has 3 aromatic rings. The Morgan fingerprint density at radius 3 is 2.68 bits per heavy atom. The van der Waals surface area contributed by atoms with Gasteiger partial charge >= 0.3 is 0 Å². The fourth-order valence-corrected chi connectivity index (χ4v) is 1.88. The van der Waals surface area contributed by atoms with E-state index < -0.39 is 0 Å². The van der Waals surface area contributed by atoms with Crippen LogP contribution in [-0.4, -0.2) is 34.2 Å². The van der Waals surface area contributed by atoms with Crippen molar-refractivity contribution in [2.45, 2.75) is 0 Å². The van der Waals surface area contributed by atoms with E-state index in [2.05, 4.69) is 19.9 Å². The first-order chi connectivity index (χ1) is 9.31. The van der Waals surface area contributed by atoms with E-state index in [1.54, 1.807) is 20.4 Å². The summed E-state index contributed by atoms with van der Waals surface area (Å²) in [6.45, 7) is 0. The summed E-state index contributed by atoms with van der Waals surface area (Å²) < 4.78 is 10.5.